The molecule has 0 spiro atoms. The van der Waals surface area contributed by atoms with Crippen molar-refractivity contribution < 1.29 is 4.79 Å². The van der Waals surface area contributed by atoms with Crippen molar-refractivity contribution in [3.8, 4) is 11.8 Å². The highest BCUT2D eigenvalue weighted by molar-refractivity contribution is 7.80. The van der Waals surface area contributed by atoms with E-state index in [4.69, 9.17) is 0 Å². The van der Waals surface area contributed by atoms with Gasteiger partial charge >= 0.3 is 0 Å². The number of thiol groups is 1. The molecule has 0 aliphatic carbocycles. The lowest BCUT2D eigenvalue weighted by Crippen LogP contribution is -2.18. The molecule has 0 saturated heterocycles. The maximum atomic E-state index is 11.1. The Morgan fingerprint density at radius 2 is 2.27 bits per heavy atom. The van der Waals surface area contributed by atoms with Crippen LogP contribution in [-0.4, -0.2) is 11.7 Å². The molecule has 76 valence electrons. The summed E-state index contributed by atoms with van der Waals surface area (Å²) in [5, 5.41) is 2.84. The van der Waals surface area contributed by atoms with Crippen molar-refractivity contribution in [2.45, 2.75) is 12.8 Å². The average Bonchev–Trinajstić information content (AvgIpc) is 2.26. The molecule has 1 N–H and O–H groups in total. The topological polar surface area (TPSA) is 29.1 Å². The van der Waals surface area contributed by atoms with Crippen LogP contribution >= 0.6 is 12.6 Å². The number of hydrogen-bond acceptors (Lipinski definition) is 2. The van der Waals surface area contributed by atoms with Gasteiger partial charge in [-0.05, 0) is 30.2 Å². The number of aryl methyl sites for hydroxylation is 1. The normalized spacial score (nSPS) is 13.5. The lowest BCUT2D eigenvalue weighted by Gasteiger charge is -2.16. The molecule has 0 bridgehead atoms. The van der Waals surface area contributed by atoms with Gasteiger partial charge in [-0.25, -0.2) is 0 Å². The summed E-state index contributed by atoms with van der Waals surface area (Å²) in [5.74, 6) is 6.58. The van der Waals surface area contributed by atoms with E-state index in [0.29, 0.717) is 12.2 Å². The van der Waals surface area contributed by atoms with Crippen LogP contribution in [0.1, 0.15) is 17.5 Å². The quantitative estimate of drug-likeness (QED) is 0.504. The molecule has 1 aliphatic rings. The second-order valence-corrected chi connectivity index (χ2v) is 3.70. The summed E-state index contributed by atoms with van der Waals surface area (Å²) in [6.45, 7) is 0. The van der Waals surface area contributed by atoms with Gasteiger partial charge in [0.25, 0.3) is 0 Å². The standard InChI is InChI=1S/C12H11NOS/c14-12-6-4-10-8-9(2-1-7-15)3-5-11(10)13-12/h3,5,8,15H,4,6-7H2,(H,13,14). The van der Waals surface area contributed by atoms with E-state index < -0.39 is 0 Å². The van der Waals surface area contributed by atoms with Crippen molar-refractivity contribution in [3.05, 3.63) is 29.3 Å². The molecule has 0 aromatic heterocycles. The number of hydrogen-bond donors (Lipinski definition) is 2. The minimum atomic E-state index is 0.0942. The van der Waals surface area contributed by atoms with Crippen LogP contribution in [0.25, 0.3) is 0 Å². The number of rotatable bonds is 0. The minimum absolute atomic E-state index is 0.0942. The third kappa shape index (κ3) is 2.34. The van der Waals surface area contributed by atoms with Crippen LogP contribution in [0.15, 0.2) is 18.2 Å². The van der Waals surface area contributed by atoms with Gasteiger partial charge in [-0.15, -0.1) is 0 Å². The minimum Gasteiger partial charge on any atom is -0.326 e. The van der Waals surface area contributed by atoms with Crippen molar-refractivity contribution in [1.29, 1.82) is 0 Å². The summed E-state index contributed by atoms with van der Waals surface area (Å²) in [4.78, 5) is 11.1. The van der Waals surface area contributed by atoms with Gasteiger partial charge < -0.3 is 5.32 Å². The van der Waals surface area contributed by atoms with Gasteiger partial charge in [-0.2, -0.15) is 12.6 Å². The fourth-order valence-electron chi connectivity index (χ4n) is 1.60. The fourth-order valence-corrected chi connectivity index (χ4v) is 1.68. The molecule has 0 radical (unpaired) electrons. The van der Waals surface area contributed by atoms with E-state index in [-0.39, 0.29) is 5.91 Å². The lowest BCUT2D eigenvalue weighted by molar-refractivity contribution is -0.116. The monoisotopic (exact) mass is 217 g/mol. The first kappa shape index (κ1) is 10.1. The van der Waals surface area contributed by atoms with Gasteiger partial charge in [0.2, 0.25) is 5.91 Å². The molecule has 1 amide bonds. The lowest BCUT2D eigenvalue weighted by atomic mass is 10.0. The predicted molar refractivity (Wildman–Crippen MR) is 64.1 cm³/mol. The molecule has 1 aliphatic heterocycles. The molecule has 2 rings (SSSR count). The van der Waals surface area contributed by atoms with Gasteiger partial charge in [-0.3, -0.25) is 4.79 Å². The number of nitrogens with one attached hydrogen (secondary N) is 1. The molecule has 1 aromatic carbocycles. The molecule has 0 fully saturated rings. The Kier molecular flexibility index (Phi) is 2.98. The highest BCUT2D eigenvalue weighted by atomic mass is 32.1. The Balaban J connectivity index is 2.30. The number of fused-ring (bicyclic) bond motifs is 1. The second kappa shape index (κ2) is 4.41. The van der Waals surface area contributed by atoms with E-state index in [0.717, 1.165) is 17.7 Å². The van der Waals surface area contributed by atoms with Crippen LogP contribution in [0.3, 0.4) is 0 Å². The number of amides is 1. The van der Waals surface area contributed by atoms with E-state index >= 15 is 0 Å². The maximum Gasteiger partial charge on any atom is 0.224 e. The van der Waals surface area contributed by atoms with Crippen molar-refractivity contribution >= 4 is 24.2 Å². The molecule has 15 heavy (non-hydrogen) atoms. The van der Waals surface area contributed by atoms with E-state index in [2.05, 4.69) is 29.8 Å². The number of carbonyl (C=O) groups excluding carboxylic acids is 1. The zero-order valence-electron chi connectivity index (χ0n) is 8.21. The Hall–Kier alpha value is -1.40. The molecule has 2 nitrogen and oxygen atoms in total. The number of anilines is 1. The molecular formula is C12H11NOS. The smallest absolute Gasteiger partial charge is 0.224 e. The summed E-state index contributed by atoms with van der Waals surface area (Å²) in [5.41, 5.74) is 3.07. The summed E-state index contributed by atoms with van der Waals surface area (Å²) < 4.78 is 0. The SMILES string of the molecule is O=C1CCc2cc(C#CCS)ccc2N1. The van der Waals surface area contributed by atoms with Crippen molar-refractivity contribution in [1.82, 2.24) is 0 Å². The molecule has 0 saturated carbocycles. The first-order chi connectivity index (χ1) is 7.29. The van der Waals surface area contributed by atoms with Crippen LogP contribution < -0.4 is 5.32 Å². The largest absolute Gasteiger partial charge is 0.326 e. The van der Waals surface area contributed by atoms with Gasteiger partial charge in [0.15, 0.2) is 0 Å². The summed E-state index contributed by atoms with van der Waals surface area (Å²) in [7, 11) is 0. The highest BCUT2D eigenvalue weighted by Gasteiger charge is 2.13. The number of carbonyl (C=O) groups is 1. The Bertz CT molecular complexity index is 456. The molecule has 3 heteroatoms. The van der Waals surface area contributed by atoms with Gasteiger partial charge in [0.05, 0.1) is 5.75 Å². The molecule has 0 atom stereocenters. The Morgan fingerprint density at radius 1 is 1.40 bits per heavy atom. The van der Waals surface area contributed by atoms with E-state index in [9.17, 15) is 4.79 Å². The Labute approximate surface area is 94.5 Å². The fraction of sp³-hybridized carbons (Fsp3) is 0.250. The van der Waals surface area contributed by atoms with Crippen LogP contribution in [0.2, 0.25) is 0 Å². The van der Waals surface area contributed by atoms with Gasteiger partial charge in [-0.1, -0.05) is 11.8 Å². The first-order valence-corrected chi connectivity index (χ1v) is 5.45. The van der Waals surface area contributed by atoms with Gasteiger partial charge in [0, 0.05) is 17.7 Å². The molecule has 1 aromatic rings. The summed E-state index contributed by atoms with van der Waals surface area (Å²) in [6, 6.07) is 5.86. The Morgan fingerprint density at radius 3 is 3.07 bits per heavy atom. The first-order valence-electron chi connectivity index (χ1n) is 4.82. The van der Waals surface area contributed by atoms with E-state index in [1.165, 1.54) is 5.56 Å². The zero-order valence-corrected chi connectivity index (χ0v) is 9.10. The maximum absolute atomic E-state index is 11.1. The van der Waals surface area contributed by atoms with E-state index in [1.807, 2.05) is 18.2 Å². The molecule has 1 heterocycles. The average molecular weight is 217 g/mol. The second-order valence-electron chi connectivity index (χ2n) is 3.38. The third-order valence-electron chi connectivity index (χ3n) is 2.31. The van der Waals surface area contributed by atoms with Crippen LogP contribution in [0.5, 0.6) is 0 Å². The summed E-state index contributed by atoms with van der Waals surface area (Å²) in [6.07, 6.45) is 1.37. The van der Waals surface area contributed by atoms with Crippen molar-refractivity contribution in [2.24, 2.45) is 0 Å². The highest BCUT2D eigenvalue weighted by Crippen LogP contribution is 2.23. The van der Waals surface area contributed by atoms with Crippen molar-refractivity contribution in [2.75, 3.05) is 11.1 Å². The van der Waals surface area contributed by atoms with E-state index in [1.54, 1.807) is 0 Å². The van der Waals surface area contributed by atoms with Crippen LogP contribution in [-0.2, 0) is 11.2 Å². The summed E-state index contributed by atoms with van der Waals surface area (Å²) >= 11 is 4.03. The predicted octanol–water partition coefficient (Wildman–Crippen LogP) is 1.85. The van der Waals surface area contributed by atoms with Crippen molar-refractivity contribution in [3.63, 3.8) is 0 Å². The number of benzene rings is 1. The zero-order chi connectivity index (χ0) is 10.7. The van der Waals surface area contributed by atoms with Crippen LogP contribution in [0, 0.1) is 11.8 Å². The molecule has 0 unspecified atom stereocenters. The molecular weight excluding hydrogens is 206 g/mol. The van der Waals surface area contributed by atoms with Crippen LogP contribution in [0.4, 0.5) is 5.69 Å². The van der Waals surface area contributed by atoms with Gasteiger partial charge in [0.1, 0.15) is 0 Å². The third-order valence-corrected chi connectivity index (χ3v) is 2.47.